The lowest BCUT2D eigenvalue weighted by Gasteiger charge is -2.23. The van der Waals surface area contributed by atoms with Gasteiger partial charge in [-0.05, 0) is 42.8 Å². The molecule has 0 amide bonds. The minimum absolute atomic E-state index is 0.0230. The smallest absolute Gasteiger partial charge is 0.294 e. The Labute approximate surface area is 161 Å². The molecule has 0 radical (unpaired) electrons. The second kappa shape index (κ2) is 7.79. The van der Waals surface area contributed by atoms with Gasteiger partial charge in [-0.25, -0.2) is 12.8 Å². The van der Waals surface area contributed by atoms with Crippen LogP contribution >= 0.6 is 11.6 Å². The van der Waals surface area contributed by atoms with E-state index in [4.69, 9.17) is 11.6 Å². The first-order valence-corrected chi connectivity index (χ1v) is 10.1. The number of anilines is 1. The van der Waals surface area contributed by atoms with Crippen molar-refractivity contribution in [3.8, 4) is 0 Å². The molecule has 144 valence electrons. The van der Waals surface area contributed by atoms with Crippen molar-refractivity contribution in [1.82, 2.24) is 4.31 Å². The average Bonchev–Trinajstić information content (AvgIpc) is 2.88. The molecule has 0 spiro atoms. The first-order chi connectivity index (χ1) is 12.8. The summed E-state index contributed by atoms with van der Waals surface area (Å²) in [6.45, 7) is 1.21. The normalized spacial score (nSPS) is 16.1. The number of sulfonamides is 1. The summed E-state index contributed by atoms with van der Waals surface area (Å²) in [6, 6.07) is 9.11. The predicted octanol–water partition coefficient (Wildman–Crippen LogP) is 3.29. The van der Waals surface area contributed by atoms with E-state index in [1.807, 2.05) is 0 Å². The summed E-state index contributed by atoms with van der Waals surface area (Å²) in [7, 11) is -3.76. The molecule has 3 rings (SSSR count). The van der Waals surface area contributed by atoms with Crippen LogP contribution in [-0.4, -0.2) is 43.8 Å². The summed E-state index contributed by atoms with van der Waals surface area (Å²) in [4.78, 5) is 12.6. The molecular formula is C17H17ClFN3O4S. The number of halogens is 2. The van der Waals surface area contributed by atoms with Gasteiger partial charge in [-0.2, -0.15) is 4.31 Å². The molecule has 0 aliphatic carbocycles. The molecule has 0 bridgehead atoms. The molecule has 1 saturated heterocycles. The van der Waals surface area contributed by atoms with Crippen molar-refractivity contribution in [2.24, 2.45) is 0 Å². The number of nitro groups is 1. The second-order valence-electron chi connectivity index (χ2n) is 6.09. The third kappa shape index (κ3) is 4.20. The molecule has 1 aliphatic heterocycles. The summed E-state index contributed by atoms with van der Waals surface area (Å²) in [5.74, 6) is -0.508. The zero-order valence-electron chi connectivity index (χ0n) is 14.2. The van der Waals surface area contributed by atoms with Crippen LogP contribution in [0.1, 0.15) is 6.42 Å². The molecule has 1 heterocycles. The van der Waals surface area contributed by atoms with E-state index in [9.17, 15) is 22.9 Å². The third-order valence-corrected chi connectivity index (χ3v) is 6.53. The number of nitrogens with zero attached hydrogens (tertiary/aromatic N) is 3. The number of hydrogen-bond donors (Lipinski definition) is 0. The van der Waals surface area contributed by atoms with Crippen LogP contribution in [0.4, 0.5) is 15.8 Å². The molecule has 10 heteroatoms. The fraction of sp³-hybridized carbons (Fsp3) is 0.294. The zero-order chi connectivity index (χ0) is 19.6. The summed E-state index contributed by atoms with van der Waals surface area (Å²) >= 11 is 5.86. The number of rotatable bonds is 4. The van der Waals surface area contributed by atoms with E-state index >= 15 is 0 Å². The van der Waals surface area contributed by atoms with E-state index in [-0.39, 0.29) is 28.7 Å². The van der Waals surface area contributed by atoms with Crippen molar-refractivity contribution in [1.29, 1.82) is 0 Å². The van der Waals surface area contributed by atoms with E-state index < -0.39 is 20.8 Å². The van der Waals surface area contributed by atoms with Crippen LogP contribution < -0.4 is 4.90 Å². The Morgan fingerprint density at radius 3 is 2.41 bits per heavy atom. The molecule has 1 aliphatic rings. The van der Waals surface area contributed by atoms with Gasteiger partial charge in [0.15, 0.2) is 0 Å². The topological polar surface area (TPSA) is 83.8 Å². The SMILES string of the molecule is O=[N+]([O-])c1cc(Cl)ccc1N1CCCN(S(=O)(=O)c2ccc(F)cc2)CC1. The fourth-order valence-electron chi connectivity index (χ4n) is 3.04. The highest BCUT2D eigenvalue weighted by Gasteiger charge is 2.29. The molecule has 27 heavy (non-hydrogen) atoms. The van der Waals surface area contributed by atoms with Gasteiger partial charge in [-0.1, -0.05) is 11.6 Å². The van der Waals surface area contributed by atoms with Gasteiger partial charge in [-0.15, -0.1) is 0 Å². The molecule has 0 atom stereocenters. The van der Waals surface area contributed by atoms with Crippen LogP contribution in [-0.2, 0) is 10.0 Å². The Balaban J connectivity index is 1.82. The number of nitro benzene ring substituents is 1. The van der Waals surface area contributed by atoms with Crippen LogP contribution in [0.3, 0.4) is 0 Å². The molecule has 7 nitrogen and oxygen atoms in total. The van der Waals surface area contributed by atoms with Crippen LogP contribution in [0.5, 0.6) is 0 Å². The van der Waals surface area contributed by atoms with Gasteiger partial charge in [0, 0.05) is 37.3 Å². The maximum absolute atomic E-state index is 13.1. The summed E-state index contributed by atoms with van der Waals surface area (Å²) in [6.07, 6.45) is 0.500. The highest BCUT2D eigenvalue weighted by molar-refractivity contribution is 7.89. The van der Waals surface area contributed by atoms with E-state index in [2.05, 4.69) is 0 Å². The largest absolute Gasteiger partial charge is 0.365 e. The van der Waals surface area contributed by atoms with Crippen molar-refractivity contribution in [2.75, 3.05) is 31.1 Å². The zero-order valence-corrected chi connectivity index (χ0v) is 15.8. The van der Waals surface area contributed by atoms with E-state index in [1.54, 1.807) is 17.0 Å². The van der Waals surface area contributed by atoms with Gasteiger partial charge in [-0.3, -0.25) is 10.1 Å². The van der Waals surface area contributed by atoms with E-state index in [0.717, 1.165) is 12.1 Å². The van der Waals surface area contributed by atoms with Crippen molar-refractivity contribution in [3.63, 3.8) is 0 Å². The molecule has 2 aromatic carbocycles. The number of hydrogen-bond acceptors (Lipinski definition) is 5. The predicted molar refractivity (Wildman–Crippen MR) is 100 cm³/mol. The van der Waals surface area contributed by atoms with Gasteiger partial charge in [0.25, 0.3) is 5.69 Å². The number of benzene rings is 2. The van der Waals surface area contributed by atoms with Gasteiger partial charge in [0.05, 0.1) is 9.82 Å². The van der Waals surface area contributed by atoms with Gasteiger partial charge in [0.2, 0.25) is 10.0 Å². The molecule has 1 fully saturated rings. The first kappa shape index (κ1) is 19.5. The van der Waals surface area contributed by atoms with Crippen molar-refractivity contribution < 1.29 is 17.7 Å². The Morgan fingerprint density at radius 2 is 1.74 bits per heavy atom. The second-order valence-corrected chi connectivity index (χ2v) is 8.46. The van der Waals surface area contributed by atoms with Gasteiger partial charge in [0.1, 0.15) is 11.5 Å². The minimum Gasteiger partial charge on any atom is -0.365 e. The average molecular weight is 414 g/mol. The summed E-state index contributed by atoms with van der Waals surface area (Å²) in [5, 5.41) is 11.6. The van der Waals surface area contributed by atoms with Crippen LogP contribution in [0.25, 0.3) is 0 Å². The summed E-state index contributed by atoms with van der Waals surface area (Å²) in [5.41, 5.74) is 0.294. The Hall–Kier alpha value is -2.23. The Kier molecular flexibility index (Phi) is 5.64. The Morgan fingerprint density at radius 1 is 1.04 bits per heavy atom. The quantitative estimate of drug-likeness (QED) is 0.567. The van der Waals surface area contributed by atoms with E-state index in [1.165, 1.54) is 22.5 Å². The van der Waals surface area contributed by atoms with E-state index in [0.29, 0.717) is 25.2 Å². The molecule has 0 N–H and O–H groups in total. The lowest BCUT2D eigenvalue weighted by Crippen LogP contribution is -2.35. The molecular weight excluding hydrogens is 397 g/mol. The highest BCUT2D eigenvalue weighted by Crippen LogP contribution is 2.32. The van der Waals surface area contributed by atoms with Gasteiger partial charge < -0.3 is 4.90 Å². The third-order valence-electron chi connectivity index (χ3n) is 4.38. The van der Waals surface area contributed by atoms with Crippen molar-refractivity contribution in [3.05, 3.63) is 63.4 Å². The Bertz CT molecular complexity index is 953. The monoisotopic (exact) mass is 413 g/mol. The minimum atomic E-state index is -3.76. The molecule has 0 aromatic heterocycles. The van der Waals surface area contributed by atoms with Crippen molar-refractivity contribution >= 4 is 33.0 Å². The summed E-state index contributed by atoms with van der Waals surface area (Å²) < 4.78 is 39.9. The molecule has 2 aromatic rings. The standard InChI is InChI=1S/C17H17ClFN3O4S/c18-13-2-7-16(17(12-13)22(23)24)20-8-1-9-21(11-10-20)27(25,26)15-5-3-14(19)4-6-15/h2-7,12H,1,8-11H2. The van der Waals surface area contributed by atoms with Crippen LogP contribution in [0.2, 0.25) is 5.02 Å². The van der Waals surface area contributed by atoms with Crippen molar-refractivity contribution in [2.45, 2.75) is 11.3 Å². The lowest BCUT2D eigenvalue weighted by molar-refractivity contribution is -0.384. The van der Waals surface area contributed by atoms with Gasteiger partial charge >= 0.3 is 0 Å². The maximum Gasteiger partial charge on any atom is 0.294 e. The van der Waals surface area contributed by atoms with Crippen LogP contribution in [0.15, 0.2) is 47.4 Å². The fourth-order valence-corrected chi connectivity index (χ4v) is 4.68. The van der Waals surface area contributed by atoms with Crippen LogP contribution in [0, 0.1) is 15.9 Å². The maximum atomic E-state index is 13.1. The molecule has 0 saturated carbocycles. The lowest BCUT2D eigenvalue weighted by atomic mass is 10.2. The first-order valence-electron chi connectivity index (χ1n) is 8.23. The highest BCUT2D eigenvalue weighted by atomic mass is 35.5. The molecule has 0 unspecified atom stereocenters.